The van der Waals surface area contributed by atoms with Crippen molar-refractivity contribution in [2.75, 3.05) is 31.6 Å². The van der Waals surface area contributed by atoms with Crippen LogP contribution in [0.5, 0.6) is 0 Å². The number of nitrogens with zero attached hydrogens (tertiary/aromatic N) is 2. The van der Waals surface area contributed by atoms with Crippen molar-refractivity contribution >= 4 is 17.2 Å². The van der Waals surface area contributed by atoms with Gasteiger partial charge in [0.1, 0.15) is 13.6 Å². The van der Waals surface area contributed by atoms with Crippen LogP contribution in [-0.4, -0.2) is 37.8 Å². The van der Waals surface area contributed by atoms with Gasteiger partial charge in [0, 0.05) is 41.7 Å². The SMILES string of the molecule is CCc1cc2c(c3c1=[N+](C)CCC3)C(C)(C)c1c(cc3c4c1CCCN4CCC3)C=2c1ccccc1C(=O)O. The van der Waals surface area contributed by atoms with Crippen LogP contribution in [0, 0.1) is 0 Å². The number of aryl methyl sites for hydroxylation is 2. The van der Waals surface area contributed by atoms with Crippen molar-refractivity contribution < 1.29 is 9.90 Å². The molecule has 1 N–H and O–H groups in total. The molecule has 0 amide bonds. The monoisotopic (exact) mass is 519 g/mol. The first-order chi connectivity index (χ1) is 18.8. The van der Waals surface area contributed by atoms with Crippen molar-refractivity contribution in [2.45, 2.75) is 71.1 Å². The maximum absolute atomic E-state index is 12.6. The van der Waals surface area contributed by atoms with E-state index in [-0.39, 0.29) is 5.41 Å². The van der Waals surface area contributed by atoms with E-state index in [1.165, 1.54) is 68.0 Å². The van der Waals surface area contributed by atoms with Crippen molar-refractivity contribution in [1.82, 2.24) is 4.58 Å². The molecule has 0 bridgehead atoms. The fraction of sp³-hybridized carbons (Fsp3) is 0.429. The van der Waals surface area contributed by atoms with Gasteiger partial charge in [0.2, 0.25) is 5.36 Å². The molecule has 3 aliphatic heterocycles. The molecule has 200 valence electrons. The number of carboxylic acid groups (broad SMARTS) is 1. The van der Waals surface area contributed by atoms with Crippen LogP contribution in [0.4, 0.5) is 5.69 Å². The maximum atomic E-state index is 12.6. The van der Waals surface area contributed by atoms with Gasteiger partial charge in [-0.1, -0.05) is 39.0 Å². The average molecular weight is 520 g/mol. The number of anilines is 1. The van der Waals surface area contributed by atoms with Crippen LogP contribution in [0.3, 0.4) is 0 Å². The van der Waals surface area contributed by atoms with Crippen molar-refractivity contribution in [3.63, 3.8) is 0 Å². The summed E-state index contributed by atoms with van der Waals surface area (Å²) in [5, 5.41) is 13.0. The molecule has 3 aromatic rings. The van der Waals surface area contributed by atoms with Crippen LogP contribution < -0.4 is 20.1 Å². The zero-order valence-electron chi connectivity index (χ0n) is 23.8. The molecule has 4 aliphatic rings. The molecular weight excluding hydrogens is 480 g/mol. The van der Waals surface area contributed by atoms with Gasteiger partial charge >= 0.3 is 5.97 Å². The first-order valence-corrected chi connectivity index (χ1v) is 14.9. The molecule has 3 aromatic carbocycles. The lowest BCUT2D eigenvalue weighted by molar-refractivity contribution is 0.0696. The summed E-state index contributed by atoms with van der Waals surface area (Å²) in [7, 11) is 2.25. The van der Waals surface area contributed by atoms with Crippen LogP contribution in [0.2, 0.25) is 0 Å². The molecule has 0 saturated carbocycles. The van der Waals surface area contributed by atoms with Gasteiger partial charge in [-0.2, -0.15) is 0 Å². The predicted molar refractivity (Wildman–Crippen MR) is 158 cm³/mol. The first-order valence-electron chi connectivity index (χ1n) is 14.9. The lowest BCUT2D eigenvalue weighted by Crippen LogP contribution is -2.46. The van der Waals surface area contributed by atoms with Gasteiger partial charge in [0.15, 0.2) is 0 Å². The second-order valence-electron chi connectivity index (χ2n) is 12.5. The normalized spacial score (nSPS) is 18.7. The van der Waals surface area contributed by atoms with Crippen molar-refractivity contribution in [3.05, 3.63) is 97.0 Å². The molecule has 0 fully saturated rings. The highest BCUT2D eigenvalue weighted by Gasteiger charge is 2.42. The van der Waals surface area contributed by atoms with Crippen LogP contribution in [-0.2, 0) is 31.1 Å². The van der Waals surface area contributed by atoms with Gasteiger partial charge in [0.25, 0.3) is 0 Å². The second-order valence-corrected chi connectivity index (χ2v) is 12.5. The van der Waals surface area contributed by atoms with Crippen molar-refractivity contribution in [2.24, 2.45) is 0 Å². The number of carbonyl (C=O) groups is 1. The molecule has 0 spiro atoms. The minimum absolute atomic E-state index is 0.175. The van der Waals surface area contributed by atoms with Crippen molar-refractivity contribution in [3.8, 4) is 0 Å². The van der Waals surface area contributed by atoms with Gasteiger partial charge in [-0.05, 0) is 101 Å². The number of aromatic carboxylic acids is 1. The number of rotatable bonds is 3. The quantitative estimate of drug-likeness (QED) is 0.515. The predicted octanol–water partition coefficient (Wildman–Crippen LogP) is 4.60. The molecule has 1 aliphatic carbocycles. The molecule has 4 heteroatoms. The Kier molecular flexibility index (Phi) is 5.56. The summed E-state index contributed by atoms with van der Waals surface area (Å²) in [6.45, 7) is 10.5. The number of hydrogen-bond donors (Lipinski definition) is 1. The third-order valence-corrected chi connectivity index (χ3v) is 9.90. The van der Waals surface area contributed by atoms with E-state index in [2.05, 4.69) is 49.4 Å². The number of fused-ring (bicyclic) bond motifs is 5. The number of benzene rings is 3. The largest absolute Gasteiger partial charge is 0.478 e. The Morgan fingerprint density at radius 3 is 2.49 bits per heavy atom. The molecular formula is C35H39N2O2+. The Morgan fingerprint density at radius 2 is 1.72 bits per heavy atom. The summed E-state index contributed by atoms with van der Waals surface area (Å²) < 4.78 is 2.47. The molecule has 7 rings (SSSR count). The average Bonchev–Trinajstić information content (AvgIpc) is 2.92. The molecule has 3 heterocycles. The smallest absolute Gasteiger partial charge is 0.336 e. The minimum Gasteiger partial charge on any atom is -0.478 e. The lowest BCUT2D eigenvalue weighted by atomic mass is 9.63. The minimum atomic E-state index is -0.857. The Morgan fingerprint density at radius 1 is 0.974 bits per heavy atom. The van der Waals surface area contributed by atoms with Gasteiger partial charge in [-0.3, -0.25) is 0 Å². The number of hydrogen-bond acceptors (Lipinski definition) is 2. The highest BCUT2D eigenvalue weighted by atomic mass is 16.4. The number of carboxylic acids is 1. The van der Waals surface area contributed by atoms with E-state index >= 15 is 0 Å². The van der Waals surface area contributed by atoms with E-state index < -0.39 is 5.97 Å². The van der Waals surface area contributed by atoms with Gasteiger partial charge in [-0.15, -0.1) is 0 Å². The summed E-state index contributed by atoms with van der Waals surface area (Å²) in [4.78, 5) is 15.2. The summed E-state index contributed by atoms with van der Waals surface area (Å²) in [5.74, 6) is -0.857. The third kappa shape index (κ3) is 3.43. The Labute approximate surface area is 231 Å². The molecule has 0 saturated heterocycles. The fourth-order valence-corrected chi connectivity index (χ4v) is 8.51. The van der Waals surface area contributed by atoms with E-state index in [1.54, 1.807) is 6.07 Å². The zero-order valence-corrected chi connectivity index (χ0v) is 23.8. The fourth-order valence-electron chi connectivity index (χ4n) is 8.51. The summed E-state index contributed by atoms with van der Waals surface area (Å²) >= 11 is 0. The standard InChI is InChI=1S/C35H38N2O2/c1-5-21-19-27-29(23-12-6-7-13-24(23)34(38)39)28-20-22-11-8-17-37-18-10-15-26(33(22)37)31(28)35(2,3)30(27)25-14-9-16-36(4)32(21)25/h6-7,12-13,19-20H,5,8-11,14-18H2,1-4H3/p+1. The van der Waals surface area contributed by atoms with Gasteiger partial charge in [0.05, 0.1) is 5.56 Å². The zero-order chi connectivity index (χ0) is 27.1. The molecule has 0 aromatic heterocycles. The topological polar surface area (TPSA) is 43.5 Å². The van der Waals surface area contributed by atoms with Crippen LogP contribution in [0.15, 0.2) is 36.4 Å². The molecule has 0 radical (unpaired) electrons. The van der Waals surface area contributed by atoms with E-state index in [4.69, 9.17) is 0 Å². The highest BCUT2D eigenvalue weighted by molar-refractivity contribution is 5.99. The van der Waals surface area contributed by atoms with Crippen LogP contribution >= 0.6 is 0 Å². The van der Waals surface area contributed by atoms with E-state index in [0.717, 1.165) is 62.9 Å². The molecule has 0 atom stereocenters. The Hall–Kier alpha value is -3.40. The van der Waals surface area contributed by atoms with Crippen molar-refractivity contribution in [1.29, 1.82) is 0 Å². The van der Waals surface area contributed by atoms with Gasteiger partial charge < -0.3 is 10.0 Å². The Balaban J connectivity index is 1.73. The van der Waals surface area contributed by atoms with Gasteiger partial charge in [-0.25, -0.2) is 9.37 Å². The third-order valence-electron chi connectivity index (χ3n) is 9.90. The van der Waals surface area contributed by atoms with Crippen LogP contribution in [0.1, 0.15) is 94.9 Å². The first kappa shape index (κ1) is 24.6. The van der Waals surface area contributed by atoms with E-state index in [1.807, 2.05) is 18.2 Å². The summed E-state index contributed by atoms with van der Waals surface area (Å²) in [6, 6.07) is 12.6. The van der Waals surface area contributed by atoms with E-state index in [9.17, 15) is 9.90 Å². The summed E-state index contributed by atoms with van der Waals surface area (Å²) in [5.41, 5.74) is 13.7. The molecule has 39 heavy (non-hydrogen) atoms. The lowest BCUT2D eigenvalue weighted by Gasteiger charge is -2.44. The van der Waals surface area contributed by atoms with E-state index in [0.29, 0.717) is 5.56 Å². The second kappa shape index (κ2) is 8.81. The Bertz CT molecular complexity index is 1690. The molecule has 4 nitrogen and oxygen atoms in total. The van der Waals surface area contributed by atoms with Crippen LogP contribution in [0.25, 0.3) is 5.57 Å². The summed E-state index contributed by atoms with van der Waals surface area (Å²) in [6.07, 6.45) is 7.76. The highest BCUT2D eigenvalue weighted by Crippen LogP contribution is 2.49. The maximum Gasteiger partial charge on any atom is 0.336 e. The molecule has 0 unspecified atom stereocenters.